The lowest BCUT2D eigenvalue weighted by Gasteiger charge is -2.18. The van der Waals surface area contributed by atoms with E-state index in [1.165, 1.54) is 141 Å². The highest BCUT2D eigenvalue weighted by atomic mass is 15.1. The summed E-state index contributed by atoms with van der Waals surface area (Å²) >= 11 is 0. The molecule has 0 heterocycles. The van der Waals surface area contributed by atoms with Gasteiger partial charge in [0.05, 0.1) is 0 Å². The van der Waals surface area contributed by atoms with Gasteiger partial charge in [0.2, 0.25) is 0 Å². The molecule has 1 aromatic carbocycles. The second-order valence-electron chi connectivity index (χ2n) is 9.47. The maximum Gasteiger partial charge on any atom is 0.0363 e. The molecule has 0 saturated carbocycles. The Labute approximate surface area is 190 Å². The van der Waals surface area contributed by atoms with Gasteiger partial charge in [-0.25, -0.2) is 0 Å². The van der Waals surface area contributed by atoms with Gasteiger partial charge in [0, 0.05) is 19.3 Å². The summed E-state index contributed by atoms with van der Waals surface area (Å²) < 4.78 is 0. The SMILES string of the molecule is CCCCCCCCCCCCCCCCCCCCCCN(C)c1ccccc1. The first-order valence-electron chi connectivity index (χ1n) is 13.6. The molecule has 174 valence electrons. The third-order valence-electron chi connectivity index (χ3n) is 6.54. The first-order chi connectivity index (χ1) is 14.8. The Morgan fingerprint density at radius 2 is 0.800 bits per heavy atom. The topological polar surface area (TPSA) is 3.24 Å². The number of unbranched alkanes of at least 4 members (excludes halogenated alkanes) is 19. The summed E-state index contributed by atoms with van der Waals surface area (Å²) in [4.78, 5) is 2.38. The summed E-state index contributed by atoms with van der Waals surface area (Å²) in [5, 5.41) is 0. The fourth-order valence-electron chi connectivity index (χ4n) is 4.42. The van der Waals surface area contributed by atoms with Crippen LogP contribution in [0, 0.1) is 0 Å². The molecular weight excluding hydrogens is 362 g/mol. The normalized spacial score (nSPS) is 11.1. The molecule has 0 atom stereocenters. The van der Waals surface area contributed by atoms with Crippen LogP contribution in [0.2, 0.25) is 0 Å². The molecule has 0 fully saturated rings. The Bertz CT molecular complexity index is 441. The molecule has 1 rings (SSSR count). The summed E-state index contributed by atoms with van der Waals surface area (Å²) in [5.74, 6) is 0. The van der Waals surface area contributed by atoms with E-state index in [2.05, 4.69) is 49.2 Å². The van der Waals surface area contributed by atoms with Gasteiger partial charge in [-0.2, -0.15) is 0 Å². The number of para-hydroxylation sites is 1. The second-order valence-corrected chi connectivity index (χ2v) is 9.47. The van der Waals surface area contributed by atoms with Gasteiger partial charge < -0.3 is 4.90 Å². The van der Waals surface area contributed by atoms with Crippen LogP contribution in [0.1, 0.15) is 135 Å². The van der Waals surface area contributed by atoms with Crippen LogP contribution in [-0.4, -0.2) is 13.6 Å². The maximum atomic E-state index is 2.38. The zero-order chi connectivity index (χ0) is 21.5. The van der Waals surface area contributed by atoms with Crippen molar-refractivity contribution in [2.45, 2.75) is 135 Å². The quantitative estimate of drug-likeness (QED) is 0.170. The molecule has 0 radical (unpaired) electrons. The predicted octanol–water partition coefficient (Wildman–Crippen LogP) is 9.94. The van der Waals surface area contributed by atoms with E-state index < -0.39 is 0 Å². The molecule has 1 heteroatoms. The molecule has 30 heavy (non-hydrogen) atoms. The van der Waals surface area contributed by atoms with Crippen LogP contribution in [-0.2, 0) is 0 Å². The smallest absolute Gasteiger partial charge is 0.0363 e. The van der Waals surface area contributed by atoms with Crippen LogP contribution in [0.5, 0.6) is 0 Å². The van der Waals surface area contributed by atoms with Crippen molar-refractivity contribution in [3.8, 4) is 0 Å². The highest BCUT2D eigenvalue weighted by molar-refractivity contribution is 5.44. The van der Waals surface area contributed by atoms with E-state index in [1.807, 2.05) is 0 Å². The van der Waals surface area contributed by atoms with Crippen LogP contribution in [0.4, 0.5) is 5.69 Å². The van der Waals surface area contributed by atoms with Crippen LogP contribution >= 0.6 is 0 Å². The average molecular weight is 416 g/mol. The lowest BCUT2D eigenvalue weighted by atomic mass is 10.0. The molecule has 0 aliphatic carbocycles. The Morgan fingerprint density at radius 3 is 1.17 bits per heavy atom. The van der Waals surface area contributed by atoms with Crippen molar-refractivity contribution < 1.29 is 0 Å². The van der Waals surface area contributed by atoms with Gasteiger partial charge in [0.1, 0.15) is 0 Å². The standard InChI is InChI=1S/C29H53N/c1-3-4-5-6-7-8-9-10-11-12-13-14-15-16-17-18-19-20-21-25-28-30(2)29-26-23-22-24-27-29/h22-24,26-27H,3-21,25,28H2,1-2H3. The number of nitrogens with zero attached hydrogens (tertiary/aromatic N) is 1. The average Bonchev–Trinajstić information content (AvgIpc) is 2.78. The fraction of sp³-hybridized carbons (Fsp3) is 0.793. The number of hydrogen-bond acceptors (Lipinski definition) is 1. The highest BCUT2D eigenvalue weighted by Crippen LogP contribution is 2.16. The molecular formula is C29H53N. The molecule has 0 amide bonds. The third-order valence-corrected chi connectivity index (χ3v) is 6.54. The molecule has 0 unspecified atom stereocenters. The van der Waals surface area contributed by atoms with Gasteiger partial charge in [-0.3, -0.25) is 0 Å². The van der Waals surface area contributed by atoms with Crippen LogP contribution in [0.25, 0.3) is 0 Å². The number of rotatable bonds is 22. The van der Waals surface area contributed by atoms with E-state index in [1.54, 1.807) is 0 Å². The third kappa shape index (κ3) is 16.8. The molecule has 0 aliphatic heterocycles. The number of anilines is 1. The van der Waals surface area contributed by atoms with Gasteiger partial charge in [-0.15, -0.1) is 0 Å². The fourth-order valence-corrected chi connectivity index (χ4v) is 4.42. The van der Waals surface area contributed by atoms with E-state index in [0.717, 1.165) is 0 Å². The van der Waals surface area contributed by atoms with E-state index in [-0.39, 0.29) is 0 Å². The van der Waals surface area contributed by atoms with Gasteiger partial charge in [-0.1, -0.05) is 147 Å². The first kappa shape index (κ1) is 27.1. The summed E-state index contributed by atoms with van der Waals surface area (Å²) in [6, 6.07) is 10.8. The second kappa shape index (κ2) is 21.3. The predicted molar refractivity (Wildman–Crippen MR) is 138 cm³/mol. The highest BCUT2D eigenvalue weighted by Gasteiger charge is 1.99. The molecule has 0 aliphatic rings. The van der Waals surface area contributed by atoms with Crippen LogP contribution in [0.3, 0.4) is 0 Å². The van der Waals surface area contributed by atoms with Crippen molar-refractivity contribution in [2.75, 3.05) is 18.5 Å². The minimum atomic E-state index is 1.18. The zero-order valence-corrected chi connectivity index (χ0v) is 20.7. The molecule has 1 nitrogen and oxygen atoms in total. The molecule has 0 bridgehead atoms. The minimum Gasteiger partial charge on any atom is -0.375 e. The van der Waals surface area contributed by atoms with Crippen molar-refractivity contribution >= 4 is 5.69 Å². The Hall–Kier alpha value is -0.980. The molecule has 0 aromatic heterocycles. The van der Waals surface area contributed by atoms with Crippen molar-refractivity contribution in [1.82, 2.24) is 0 Å². The van der Waals surface area contributed by atoms with Crippen molar-refractivity contribution in [2.24, 2.45) is 0 Å². The number of hydrogen-bond donors (Lipinski definition) is 0. The maximum absolute atomic E-state index is 2.38. The molecule has 1 aromatic rings. The first-order valence-corrected chi connectivity index (χ1v) is 13.6. The zero-order valence-electron chi connectivity index (χ0n) is 20.7. The molecule has 0 N–H and O–H groups in total. The van der Waals surface area contributed by atoms with Crippen molar-refractivity contribution in [3.05, 3.63) is 30.3 Å². The summed E-state index contributed by atoms with van der Waals surface area (Å²) in [5.41, 5.74) is 1.34. The van der Waals surface area contributed by atoms with Crippen LogP contribution in [0.15, 0.2) is 30.3 Å². The van der Waals surface area contributed by atoms with E-state index >= 15 is 0 Å². The van der Waals surface area contributed by atoms with Gasteiger partial charge >= 0.3 is 0 Å². The van der Waals surface area contributed by atoms with E-state index in [0.29, 0.717) is 0 Å². The van der Waals surface area contributed by atoms with Gasteiger partial charge in [0.15, 0.2) is 0 Å². The minimum absolute atomic E-state index is 1.18. The summed E-state index contributed by atoms with van der Waals surface area (Å²) in [7, 11) is 2.21. The summed E-state index contributed by atoms with van der Waals surface area (Å²) in [6.45, 7) is 3.48. The Morgan fingerprint density at radius 1 is 0.467 bits per heavy atom. The van der Waals surface area contributed by atoms with E-state index in [4.69, 9.17) is 0 Å². The van der Waals surface area contributed by atoms with Gasteiger partial charge in [-0.05, 0) is 18.6 Å². The number of benzene rings is 1. The summed E-state index contributed by atoms with van der Waals surface area (Å²) in [6.07, 6.45) is 29.0. The lowest BCUT2D eigenvalue weighted by molar-refractivity contribution is 0.522. The largest absolute Gasteiger partial charge is 0.375 e. The molecule has 0 spiro atoms. The lowest BCUT2D eigenvalue weighted by Crippen LogP contribution is -2.18. The monoisotopic (exact) mass is 415 g/mol. The van der Waals surface area contributed by atoms with Crippen molar-refractivity contribution in [1.29, 1.82) is 0 Å². The molecule has 0 saturated heterocycles. The van der Waals surface area contributed by atoms with E-state index in [9.17, 15) is 0 Å². The van der Waals surface area contributed by atoms with Crippen molar-refractivity contribution in [3.63, 3.8) is 0 Å². The Kier molecular flexibility index (Phi) is 19.2. The Balaban J connectivity index is 1.71. The van der Waals surface area contributed by atoms with Crippen LogP contribution < -0.4 is 4.90 Å². The van der Waals surface area contributed by atoms with Gasteiger partial charge in [0.25, 0.3) is 0 Å².